The van der Waals surface area contributed by atoms with E-state index in [-0.39, 0.29) is 39.0 Å². The largest absolute Gasteiger partial charge is 0.302 e. The van der Waals surface area contributed by atoms with Crippen molar-refractivity contribution in [3.63, 3.8) is 0 Å². The van der Waals surface area contributed by atoms with Gasteiger partial charge in [-0.2, -0.15) is 0 Å². The second-order valence-corrected chi connectivity index (χ2v) is 7.96. The summed E-state index contributed by atoms with van der Waals surface area (Å²) in [6.45, 7) is 0. The molecule has 0 atom stereocenters. The predicted octanol–water partition coefficient (Wildman–Crippen LogP) is 3.41. The fourth-order valence-electron chi connectivity index (χ4n) is 2.87. The highest BCUT2D eigenvalue weighted by atomic mass is 35.5. The Kier molecular flexibility index (Phi) is 6.33. The minimum Gasteiger partial charge on any atom is -0.288 e. The Bertz CT molecular complexity index is 1220. The average molecular weight is 473 g/mol. The molecule has 1 aliphatic rings. The van der Waals surface area contributed by atoms with Gasteiger partial charge in [0.1, 0.15) is 11.5 Å². The first kappa shape index (κ1) is 21.7. The van der Waals surface area contributed by atoms with Gasteiger partial charge in [-0.25, -0.2) is 9.38 Å². The zero-order chi connectivity index (χ0) is 22.7. The van der Waals surface area contributed by atoms with Crippen LogP contribution in [0.3, 0.4) is 0 Å². The molecule has 0 bridgehead atoms. The monoisotopic (exact) mass is 472 g/mol. The second-order valence-electron chi connectivity index (χ2n) is 6.61. The topological polar surface area (TPSA) is 91.7 Å². The van der Waals surface area contributed by atoms with Gasteiger partial charge < -0.3 is 0 Å². The van der Waals surface area contributed by atoms with Crippen molar-refractivity contribution < 1.29 is 23.2 Å². The van der Waals surface area contributed by atoms with Gasteiger partial charge in [0.25, 0.3) is 12.1 Å². The average Bonchev–Trinajstić information content (AvgIpc) is 3.32. The van der Waals surface area contributed by atoms with E-state index < -0.39 is 11.7 Å². The lowest BCUT2D eigenvalue weighted by Crippen LogP contribution is -2.31. The third kappa shape index (κ3) is 4.71. The van der Waals surface area contributed by atoms with Crippen molar-refractivity contribution in [2.45, 2.75) is 0 Å². The number of carbonyl (C=O) groups is 2. The number of benzene rings is 2. The van der Waals surface area contributed by atoms with Gasteiger partial charge in [0.15, 0.2) is 17.5 Å². The maximum absolute atomic E-state index is 14.2. The molecule has 0 spiro atoms. The number of thioether (sulfide) groups is 1. The van der Waals surface area contributed by atoms with Crippen LogP contribution in [0.1, 0.15) is 5.56 Å². The summed E-state index contributed by atoms with van der Waals surface area (Å²) in [5.74, 6) is -1.25. The van der Waals surface area contributed by atoms with E-state index in [1.165, 1.54) is 40.1 Å². The summed E-state index contributed by atoms with van der Waals surface area (Å²) in [6.07, 6.45) is 2.81. The van der Waals surface area contributed by atoms with Crippen LogP contribution in [0, 0.1) is 5.82 Å². The zero-order valence-corrected chi connectivity index (χ0v) is 18.2. The molecule has 2 heterocycles. The van der Waals surface area contributed by atoms with Crippen molar-refractivity contribution in [3.05, 3.63) is 76.8 Å². The summed E-state index contributed by atoms with van der Waals surface area (Å²) >= 11 is 7.15. The number of carbonyl (C=O) groups excluding carboxylic acids is 2. The number of nitrogens with one attached hydrogen (secondary N) is 1. The fraction of sp³-hybridized carbons (Fsp3) is 0.0952. The third-order valence-electron chi connectivity index (χ3n) is 4.29. The first-order valence-electron chi connectivity index (χ1n) is 9.31. The minimum atomic E-state index is -0.569. The maximum atomic E-state index is 14.2. The van der Waals surface area contributed by atoms with Crippen molar-refractivity contribution in [3.8, 4) is 0 Å². The van der Waals surface area contributed by atoms with Crippen molar-refractivity contribution in [1.82, 2.24) is 5.27 Å². The molecular weight excluding hydrogens is 457 g/mol. The first-order chi connectivity index (χ1) is 15.4. The maximum Gasteiger partial charge on any atom is 0.302 e. The van der Waals surface area contributed by atoms with E-state index in [1.807, 2.05) is 6.07 Å². The Morgan fingerprint density at radius 3 is 2.75 bits per heavy atom. The summed E-state index contributed by atoms with van der Waals surface area (Å²) in [6, 6.07) is 13.1. The zero-order valence-electron chi connectivity index (χ0n) is 16.7. The molecule has 0 radical (unpaired) electrons. The molecule has 0 saturated carbocycles. The molecule has 0 saturated heterocycles. The summed E-state index contributed by atoms with van der Waals surface area (Å²) in [7, 11) is 1.65. The smallest absolute Gasteiger partial charge is 0.288 e. The Hall–Kier alpha value is -3.50. The molecule has 2 amide bonds. The molecule has 32 heavy (non-hydrogen) atoms. The molecular formula is C21H16ClFN5O3S+. The van der Waals surface area contributed by atoms with Crippen LogP contribution in [0.5, 0.6) is 0 Å². The Balaban J connectivity index is 1.60. The van der Waals surface area contributed by atoms with Gasteiger partial charge in [0.05, 0.1) is 16.5 Å². The van der Waals surface area contributed by atoms with Gasteiger partial charge >= 0.3 is 5.88 Å². The fourth-order valence-corrected chi connectivity index (χ4v) is 3.90. The molecule has 1 aromatic heterocycles. The molecule has 3 aromatic rings. The van der Waals surface area contributed by atoms with Gasteiger partial charge in [-0.3, -0.25) is 24.3 Å². The number of aliphatic imine (C=N–C) groups is 1. The van der Waals surface area contributed by atoms with Gasteiger partial charge in [-0.15, -0.1) is 0 Å². The number of para-hydroxylation sites is 1. The van der Waals surface area contributed by atoms with Crippen LogP contribution >= 0.6 is 23.4 Å². The SMILES string of the molecule is C[n+]1cc(NC(=O)CSC2=N/C(=C\c3c(F)cccc3Cl)C(=O)N2c2ccccc2)on1. The van der Waals surface area contributed by atoms with E-state index in [2.05, 4.69) is 15.6 Å². The van der Waals surface area contributed by atoms with Gasteiger partial charge in [0.2, 0.25) is 5.91 Å². The van der Waals surface area contributed by atoms with Gasteiger partial charge in [-0.05, 0) is 30.3 Å². The molecule has 0 unspecified atom stereocenters. The van der Waals surface area contributed by atoms with Crippen LogP contribution in [0.4, 0.5) is 16.0 Å². The van der Waals surface area contributed by atoms with Crippen LogP contribution in [0.15, 0.2) is 69.9 Å². The normalized spacial score (nSPS) is 14.7. The second kappa shape index (κ2) is 9.33. The number of amides is 2. The number of hydrogen-bond acceptors (Lipinski definition) is 6. The number of amidine groups is 1. The number of hydrogen-bond donors (Lipinski definition) is 1. The summed E-state index contributed by atoms with van der Waals surface area (Å²) < 4.78 is 20.6. The van der Waals surface area contributed by atoms with Crippen molar-refractivity contribution >= 4 is 58.0 Å². The number of nitrogens with zero attached hydrogens (tertiary/aromatic N) is 4. The van der Waals surface area contributed by atoms with E-state index in [4.69, 9.17) is 16.1 Å². The number of anilines is 2. The molecule has 8 nitrogen and oxygen atoms in total. The highest BCUT2D eigenvalue weighted by molar-refractivity contribution is 8.14. The van der Waals surface area contributed by atoms with Crippen LogP contribution in [-0.4, -0.2) is 28.0 Å². The molecule has 0 fully saturated rings. The van der Waals surface area contributed by atoms with E-state index in [0.717, 1.165) is 11.8 Å². The van der Waals surface area contributed by atoms with Gasteiger partial charge in [-0.1, -0.05) is 52.3 Å². The van der Waals surface area contributed by atoms with Crippen molar-refractivity contribution in [2.75, 3.05) is 16.0 Å². The van der Waals surface area contributed by atoms with Crippen LogP contribution in [-0.2, 0) is 16.6 Å². The number of halogens is 2. The summed E-state index contributed by atoms with van der Waals surface area (Å²) in [5, 5.41) is 6.63. The Morgan fingerprint density at radius 1 is 1.28 bits per heavy atom. The molecule has 1 N–H and O–H groups in total. The lowest BCUT2D eigenvalue weighted by atomic mass is 10.1. The minimum absolute atomic E-state index is 0.00557. The Morgan fingerprint density at radius 2 is 2.06 bits per heavy atom. The molecule has 2 aromatic carbocycles. The lowest BCUT2D eigenvalue weighted by molar-refractivity contribution is -0.739. The number of aryl methyl sites for hydroxylation is 1. The van der Waals surface area contributed by atoms with Crippen LogP contribution in [0.2, 0.25) is 5.02 Å². The van der Waals surface area contributed by atoms with E-state index >= 15 is 0 Å². The quantitative estimate of drug-likeness (QED) is 0.454. The van der Waals surface area contributed by atoms with E-state index in [0.29, 0.717) is 5.69 Å². The molecule has 11 heteroatoms. The molecule has 1 aliphatic heterocycles. The summed E-state index contributed by atoms with van der Waals surface area (Å²) in [4.78, 5) is 31.1. The van der Waals surface area contributed by atoms with Crippen LogP contribution in [0.25, 0.3) is 6.08 Å². The van der Waals surface area contributed by atoms with Crippen LogP contribution < -0.4 is 14.9 Å². The predicted molar refractivity (Wildman–Crippen MR) is 120 cm³/mol. The van der Waals surface area contributed by atoms with Crippen molar-refractivity contribution in [2.24, 2.45) is 12.0 Å². The third-order valence-corrected chi connectivity index (χ3v) is 5.56. The molecule has 0 aliphatic carbocycles. The highest BCUT2D eigenvalue weighted by Gasteiger charge is 2.32. The molecule has 4 rings (SSSR count). The number of rotatable bonds is 5. The van der Waals surface area contributed by atoms with Crippen molar-refractivity contribution in [1.29, 1.82) is 0 Å². The van der Waals surface area contributed by atoms with Gasteiger partial charge in [0, 0.05) is 5.56 Å². The molecule has 162 valence electrons. The van der Waals surface area contributed by atoms with E-state index in [1.54, 1.807) is 31.3 Å². The highest BCUT2D eigenvalue weighted by Crippen LogP contribution is 2.31. The first-order valence-corrected chi connectivity index (χ1v) is 10.7. The lowest BCUT2D eigenvalue weighted by Gasteiger charge is -2.17. The number of aromatic nitrogens is 2. The Labute approximate surface area is 191 Å². The van der Waals surface area contributed by atoms with E-state index in [9.17, 15) is 14.0 Å². The standard InChI is InChI=1S/C21H15ClFN5O3S/c1-27-11-19(31-26-27)25-18(29)12-32-21-24-17(10-14-15(22)8-5-9-16(14)23)20(30)28(21)13-6-3-2-4-7-13/h2-11H,12H2,1H3/p+1/b17-10-. The summed E-state index contributed by atoms with van der Waals surface area (Å²) in [5.41, 5.74) is 0.636.